The number of hydrogen-bond acceptors (Lipinski definition) is 4. The van der Waals surface area contributed by atoms with E-state index in [-0.39, 0.29) is 12.1 Å². The van der Waals surface area contributed by atoms with E-state index in [0.29, 0.717) is 19.4 Å². The molecule has 5 heteroatoms. The fourth-order valence-corrected chi connectivity index (χ4v) is 0.994. The molecule has 0 bridgehead atoms. The number of ether oxygens (including phenoxy) is 2. The van der Waals surface area contributed by atoms with Crippen LogP contribution in [-0.2, 0) is 14.3 Å². The molecule has 0 radical (unpaired) electrons. The van der Waals surface area contributed by atoms with Gasteiger partial charge in [0.2, 0.25) is 0 Å². The fourth-order valence-electron chi connectivity index (χ4n) is 0.994. The van der Waals surface area contributed by atoms with Crippen LogP contribution in [0, 0.1) is 0 Å². The molecule has 0 aromatic carbocycles. The summed E-state index contributed by atoms with van der Waals surface area (Å²) in [5.41, 5.74) is -0.492. The summed E-state index contributed by atoms with van der Waals surface area (Å²) >= 11 is 0. The number of carbonyl (C=O) groups excluding carboxylic acids is 2. The van der Waals surface area contributed by atoms with E-state index in [4.69, 9.17) is 4.74 Å². The highest BCUT2D eigenvalue weighted by Gasteiger charge is 2.19. The molecule has 94 valence electrons. The summed E-state index contributed by atoms with van der Waals surface area (Å²) in [7, 11) is 2.99. The SMILES string of the molecule is COC(=O)CCCN(C)C(=O)OC(C)(C)C. The van der Waals surface area contributed by atoms with Gasteiger partial charge in [-0.1, -0.05) is 0 Å². The molecule has 0 saturated carbocycles. The van der Waals surface area contributed by atoms with Crippen LogP contribution in [0.5, 0.6) is 0 Å². The summed E-state index contributed by atoms with van der Waals surface area (Å²) in [6, 6.07) is 0. The standard InChI is InChI=1S/C11H21NO4/c1-11(2,3)16-10(14)12(4)8-6-7-9(13)15-5/h6-8H2,1-5H3. The Bertz CT molecular complexity index is 245. The van der Waals surface area contributed by atoms with Gasteiger partial charge >= 0.3 is 12.1 Å². The van der Waals surface area contributed by atoms with Crippen molar-refractivity contribution in [1.82, 2.24) is 4.90 Å². The second-order valence-corrected chi connectivity index (χ2v) is 4.58. The second-order valence-electron chi connectivity index (χ2n) is 4.58. The minimum Gasteiger partial charge on any atom is -0.469 e. The highest BCUT2D eigenvalue weighted by Crippen LogP contribution is 2.09. The zero-order valence-corrected chi connectivity index (χ0v) is 10.7. The Morgan fingerprint density at radius 2 is 1.81 bits per heavy atom. The molecule has 0 aliphatic rings. The quantitative estimate of drug-likeness (QED) is 0.692. The third-order valence-electron chi connectivity index (χ3n) is 1.81. The predicted octanol–water partition coefficient (Wildman–Crippen LogP) is 1.81. The van der Waals surface area contributed by atoms with Crippen molar-refractivity contribution in [1.29, 1.82) is 0 Å². The monoisotopic (exact) mass is 231 g/mol. The van der Waals surface area contributed by atoms with Crippen molar-refractivity contribution in [3.63, 3.8) is 0 Å². The molecule has 0 aromatic heterocycles. The maximum absolute atomic E-state index is 11.5. The first-order valence-corrected chi connectivity index (χ1v) is 5.27. The smallest absolute Gasteiger partial charge is 0.410 e. The van der Waals surface area contributed by atoms with Crippen LogP contribution in [-0.4, -0.2) is 43.3 Å². The van der Waals surface area contributed by atoms with Crippen LogP contribution in [0.15, 0.2) is 0 Å². The third kappa shape index (κ3) is 7.09. The lowest BCUT2D eigenvalue weighted by molar-refractivity contribution is -0.140. The molecule has 0 rings (SSSR count). The van der Waals surface area contributed by atoms with E-state index in [0.717, 1.165) is 0 Å². The summed E-state index contributed by atoms with van der Waals surface area (Å²) in [4.78, 5) is 23.8. The largest absolute Gasteiger partial charge is 0.469 e. The van der Waals surface area contributed by atoms with Gasteiger partial charge in [0.15, 0.2) is 0 Å². The van der Waals surface area contributed by atoms with Gasteiger partial charge in [-0.25, -0.2) is 4.79 Å². The fraction of sp³-hybridized carbons (Fsp3) is 0.818. The Labute approximate surface area is 96.7 Å². The van der Waals surface area contributed by atoms with Crippen molar-refractivity contribution in [2.75, 3.05) is 20.7 Å². The van der Waals surface area contributed by atoms with Crippen molar-refractivity contribution >= 4 is 12.1 Å². The maximum Gasteiger partial charge on any atom is 0.410 e. The van der Waals surface area contributed by atoms with Crippen molar-refractivity contribution in [3.8, 4) is 0 Å². The second kappa shape index (κ2) is 6.35. The molecule has 0 heterocycles. The average molecular weight is 231 g/mol. The van der Waals surface area contributed by atoms with E-state index >= 15 is 0 Å². The molecular weight excluding hydrogens is 210 g/mol. The Hall–Kier alpha value is -1.26. The number of amides is 1. The molecule has 0 spiro atoms. The summed E-state index contributed by atoms with van der Waals surface area (Å²) in [6.07, 6.45) is 0.504. The van der Waals surface area contributed by atoms with Crippen LogP contribution in [0.4, 0.5) is 4.79 Å². The summed E-state index contributed by atoms with van der Waals surface area (Å²) in [5, 5.41) is 0. The first-order chi connectivity index (χ1) is 7.26. The van der Waals surface area contributed by atoms with Crippen LogP contribution in [0.25, 0.3) is 0 Å². The molecule has 0 aliphatic carbocycles. The van der Waals surface area contributed by atoms with E-state index in [1.54, 1.807) is 7.05 Å². The molecule has 0 fully saturated rings. The normalized spacial score (nSPS) is 10.8. The molecular formula is C11H21NO4. The van der Waals surface area contributed by atoms with Gasteiger partial charge in [-0.05, 0) is 27.2 Å². The van der Waals surface area contributed by atoms with Gasteiger partial charge in [-0.15, -0.1) is 0 Å². The van der Waals surface area contributed by atoms with E-state index in [9.17, 15) is 9.59 Å². The van der Waals surface area contributed by atoms with Gasteiger partial charge < -0.3 is 14.4 Å². The van der Waals surface area contributed by atoms with Crippen molar-refractivity contribution < 1.29 is 19.1 Å². The minimum atomic E-state index is -0.492. The number of rotatable bonds is 4. The Balaban J connectivity index is 3.84. The van der Waals surface area contributed by atoms with Crippen molar-refractivity contribution in [2.45, 2.75) is 39.2 Å². The van der Waals surface area contributed by atoms with Crippen molar-refractivity contribution in [2.24, 2.45) is 0 Å². The number of nitrogens with zero attached hydrogens (tertiary/aromatic N) is 1. The van der Waals surface area contributed by atoms with E-state index < -0.39 is 5.60 Å². The lowest BCUT2D eigenvalue weighted by Crippen LogP contribution is -2.34. The van der Waals surface area contributed by atoms with E-state index in [1.807, 2.05) is 20.8 Å². The molecule has 0 aromatic rings. The first-order valence-electron chi connectivity index (χ1n) is 5.27. The maximum atomic E-state index is 11.5. The molecule has 0 aliphatic heterocycles. The highest BCUT2D eigenvalue weighted by molar-refractivity contribution is 5.69. The minimum absolute atomic E-state index is 0.266. The third-order valence-corrected chi connectivity index (χ3v) is 1.81. The van der Waals surface area contributed by atoms with Crippen LogP contribution in [0.1, 0.15) is 33.6 Å². The molecule has 0 unspecified atom stereocenters. The number of hydrogen-bond donors (Lipinski definition) is 0. The number of esters is 1. The zero-order valence-electron chi connectivity index (χ0n) is 10.7. The Kier molecular flexibility index (Phi) is 5.85. The molecule has 1 amide bonds. The summed E-state index contributed by atoms with van der Waals surface area (Å²) in [6.45, 7) is 5.91. The summed E-state index contributed by atoms with van der Waals surface area (Å²) in [5.74, 6) is -0.266. The van der Waals surface area contributed by atoms with Gasteiger partial charge in [0.1, 0.15) is 5.60 Å². The van der Waals surface area contributed by atoms with E-state index in [2.05, 4.69) is 4.74 Å². The van der Waals surface area contributed by atoms with Gasteiger partial charge in [0.05, 0.1) is 7.11 Å². The zero-order chi connectivity index (χ0) is 12.8. The molecule has 0 saturated heterocycles. The van der Waals surface area contributed by atoms with Gasteiger partial charge in [-0.2, -0.15) is 0 Å². The number of methoxy groups -OCH3 is 1. The van der Waals surface area contributed by atoms with Crippen molar-refractivity contribution in [3.05, 3.63) is 0 Å². The van der Waals surface area contributed by atoms with Crippen LogP contribution >= 0.6 is 0 Å². The molecule has 0 atom stereocenters. The number of carbonyl (C=O) groups is 2. The van der Waals surface area contributed by atoms with Gasteiger partial charge in [0.25, 0.3) is 0 Å². The van der Waals surface area contributed by atoms with Gasteiger partial charge in [-0.3, -0.25) is 4.79 Å². The van der Waals surface area contributed by atoms with Gasteiger partial charge in [0, 0.05) is 20.0 Å². The van der Waals surface area contributed by atoms with Crippen LogP contribution in [0.3, 0.4) is 0 Å². The topological polar surface area (TPSA) is 55.8 Å². The molecule has 16 heavy (non-hydrogen) atoms. The first kappa shape index (κ1) is 14.7. The van der Waals surface area contributed by atoms with E-state index in [1.165, 1.54) is 12.0 Å². The lowest BCUT2D eigenvalue weighted by atomic mass is 10.2. The predicted molar refractivity (Wildman–Crippen MR) is 60.1 cm³/mol. The Morgan fingerprint density at radius 1 is 1.25 bits per heavy atom. The molecule has 0 N–H and O–H groups in total. The van der Waals surface area contributed by atoms with Crippen LogP contribution < -0.4 is 0 Å². The van der Waals surface area contributed by atoms with Crippen LogP contribution in [0.2, 0.25) is 0 Å². The Morgan fingerprint density at radius 3 is 2.25 bits per heavy atom. The molecule has 5 nitrogen and oxygen atoms in total. The lowest BCUT2D eigenvalue weighted by Gasteiger charge is -2.24. The highest BCUT2D eigenvalue weighted by atomic mass is 16.6. The average Bonchev–Trinajstić information content (AvgIpc) is 2.14. The summed E-state index contributed by atoms with van der Waals surface area (Å²) < 4.78 is 9.65.